The second-order valence-electron chi connectivity index (χ2n) is 4.90. The summed E-state index contributed by atoms with van der Waals surface area (Å²) in [6.45, 7) is 8.46. The second-order valence-corrected chi connectivity index (χ2v) is 4.90. The van der Waals surface area contributed by atoms with Crippen LogP contribution in [0.2, 0.25) is 0 Å². The van der Waals surface area contributed by atoms with Gasteiger partial charge in [-0.2, -0.15) is 0 Å². The van der Waals surface area contributed by atoms with Crippen LogP contribution < -0.4 is 0 Å². The molecule has 3 nitrogen and oxygen atoms in total. The van der Waals surface area contributed by atoms with E-state index in [4.69, 9.17) is 5.11 Å². The Morgan fingerprint density at radius 2 is 1.72 bits per heavy atom. The number of benzene rings is 1. The van der Waals surface area contributed by atoms with Gasteiger partial charge in [-0.25, -0.2) is 4.98 Å². The zero-order valence-corrected chi connectivity index (χ0v) is 11.5. The second kappa shape index (κ2) is 4.94. The lowest BCUT2D eigenvalue weighted by Crippen LogP contribution is -1.94. The van der Waals surface area contributed by atoms with E-state index < -0.39 is 0 Å². The highest BCUT2D eigenvalue weighted by Crippen LogP contribution is 2.27. The summed E-state index contributed by atoms with van der Waals surface area (Å²) in [6.07, 6.45) is 0.603. The molecule has 0 atom stereocenters. The SMILES string of the molecule is Cc1cc(C)c(-c2nc(CCO)c(C)[nH]2)c(C)c1. The van der Waals surface area contributed by atoms with Gasteiger partial charge >= 0.3 is 0 Å². The molecule has 0 aliphatic rings. The van der Waals surface area contributed by atoms with Crippen molar-refractivity contribution in [2.45, 2.75) is 34.1 Å². The monoisotopic (exact) mass is 244 g/mol. The van der Waals surface area contributed by atoms with E-state index in [1.807, 2.05) is 6.92 Å². The third kappa shape index (κ3) is 2.31. The van der Waals surface area contributed by atoms with Crippen molar-refractivity contribution in [3.8, 4) is 11.4 Å². The third-order valence-corrected chi connectivity index (χ3v) is 3.25. The predicted molar refractivity (Wildman–Crippen MR) is 73.8 cm³/mol. The molecule has 0 radical (unpaired) electrons. The van der Waals surface area contributed by atoms with E-state index in [9.17, 15) is 0 Å². The van der Waals surface area contributed by atoms with Gasteiger partial charge in [-0.3, -0.25) is 0 Å². The minimum Gasteiger partial charge on any atom is -0.396 e. The molecule has 0 aliphatic heterocycles. The standard InChI is InChI=1S/C15H20N2O/c1-9-7-10(2)14(11(3)8-9)15-16-12(4)13(17-15)5-6-18/h7-8,18H,5-6H2,1-4H3,(H,16,17). The van der Waals surface area contributed by atoms with Gasteiger partial charge in [0.15, 0.2) is 0 Å². The smallest absolute Gasteiger partial charge is 0.138 e. The molecule has 0 fully saturated rings. The molecular weight excluding hydrogens is 224 g/mol. The maximum absolute atomic E-state index is 9.02. The quantitative estimate of drug-likeness (QED) is 0.872. The molecule has 96 valence electrons. The number of nitrogens with zero attached hydrogens (tertiary/aromatic N) is 1. The minimum atomic E-state index is 0.136. The Balaban J connectivity index is 2.52. The fourth-order valence-electron chi connectivity index (χ4n) is 2.52. The molecular formula is C15H20N2O. The molecule has 0 saturated heterocycles. The molecule has 18 heavy (non-hydrogen) atoms. The topological polar surface area (TPSA) is 48.9 Å². The lowest BCUT2D eigenvalue weighted by Gasteiger charge is -2.08. The van der Waals surface area contributed by atoms with E-state index >= 15 is 0 Å². The van der Waals surface area contributed by atoms with Crippen LogP contribution in [0.4, 0.5) is 0 Å². The average molecular weight is 244 g/mol. The summed E-state index contributed by atoms with van der Waals surface area (Å²) in [7, 11) is 0. The van der Waals surface area contributed by atoms with Gasteiger partial charge in [0.1, 0.15) is 5.82 Å². The Kier molecular flexibility index (Phi) is 3.53. The van der Waals surface area contributed by atoms with E-state index in [1.165, 1.54) is 22.3 Å². The first kappa shape index (κ1) is 12.8. The van der Waals surface area contributed by atoms with Crippen LogP contribution >= 0.6 is 0 Å². The molecule has 1 aromatic heterocycles. The van der Waals surface area contributed by atoms with Crippen LogP contribution in [0.25, 0.3) is 11.4 Å². The number of hydrogen-bond donors (Lipinski definition) is 2. The maximum atomic E-state index is 9.02. The highest BCUT2D eigenvalue weighted by molar-refractivity contribution is 5.65. The van der Waals surface area contributed by atoms with Gasteiger partial charge in [-0.15, -0.1) is 0 Å². The molecule has 1 aromatic carbocycles. The Morgan fingerprint density at radius 1 is 1.11 bits per heavy atom. The summed E-state index contributed by atoms with van der Waals surface area (Å²) in [5.41, 5.74) is 6.90. The molecule has 0 saturated carbocycles. The number of nitrogens with one attached hydrogen (secondary N) is 1. The number of rotatable bonds is 3. The summed E-state index contributed by atoms with van der Waals surface area (Å²) in [5.74, 6) is 0.908. The van der Waals surface area contributed by atoms with Gasteiger partial charge < -0.3 is 10.1 Å². The van der Waals surface area contributed by atoms with Crippen LogP contribution in [-0.4, -0.2) is 21.7 Å². The summed E-state index contributed by atoms with van der Waals surface area (Å²) >= 11 is 0. The van der Waals surface area contributed by atoms with Crippen LogP contribution in [0.5, 0.6) is 0 Å². The van der Waals surface area contributed by atoms with Crippen LogP contribution in [0, 0.1) is 27.7 Å². The average Bonchev–Trinajstić information content (AvgIpc) is 2.59. The first-order chi connectivity index (χ1) is 8.52. The number of aliphatic hydroxyl groups excluding tert-OH is 1. The van der Waals surface area contributed by atoms with Gasteiger partial charge in [-0.1, -0.05) is 17.7 Å². The largest absolute Gasteiger partial charge is 0.396 e. The number of aliphatic hydroxyl groups is 1. The van der Waals surface area contributed by atoms with Gasteiger partial charge in [0.25, 0.3) is 0 Å². The van der Waals surface area contributed by atoms with Crippen LogP contribution in [0.1, 0.15) is 28.1 Å². The van der Waals surface area contributed by atoms with Crippen LogP contribution in [0.15, 0.2) is 12.1 Å². The van der Waals surface area contributed by atoms with Crippen molar-refractivity contribution in [3.05, 3.63) is 40.2 Å². The Morgan fingerprint density at radius 3 is 2.28 bits per heavy atom. The summed E-state index contributed by atoms with van der Waals surface area (Å²) < 4.78 is 0. The highest BCUT2D eigenvalue weighted by Gasteiger charge is 2.12. The first-order valence-corrected chi connectivity index (χ1v) is 6.27. The van der Waals surface area contributed by atoms with Crippen molar-refractivity contribution in [3.63, 3.8) is 0 Å². The van der Waals surface area contributed by atoms with E-state index in [-0.39, 0.29) is 6.61 Å². The van der Waals surface area contributed by atoms with Gasteiger partial charge in [0.2, 0.25) is 0 Å². The van der Waals surface area contributed by atoms with E-state index in [2.05, 4.69) is 42.9 Å². The fraction of sp³-hybridized carbons (Fsp3) is 0.400. The van der Waals surface area contributed by atoms with Crippen LogP contribution in [-0.2, 0) is 6.42 Å². The highest BCUT2D eigenvalue weighted by atomic mass is 16.3. The Labute approximate surface area is 108 Å². The molecule has 2 rings (SSSR count). The molecule has 3 heteroatoms. The zero-order chi connectivity index (χ0) is 13.3. The molecule has 0 bridgehead atoms. The number of aryl methyl sites for hydroxylation is 4. The van der Waals surface area contributed by atoms with Gasteiger partial charge in [0.05, 0.1) is 5.69 Å². The number of aromatic nitrogens is 2. The molecule has 0 amide bonds. The Bertz CT molecular complexity index is 547. The number of hydrogen-bond acceptors (Lipinski definition) is 2. The van der Waals surface area contributed by atoms with Gasteiger partial charge in [0, 0.05) is 24.3 Å². The summed E-state index contributed by atoms with van der Waals surface area (Å²) in [6, 6.07) is 4.35. The summed E-state index contributed by atoms with van der Waals surface area (Å²) in [4.78, 5) is 7.93. The summed E-state index contributed by atoms with van der Waals surface area (Å²) in [5, 5.41) is 9.02. The number of imidazole rings is 1. The van der Waals surface area contributed by atoms with Crippen molar-refractivity contribution in [2.75, 3.05) is 6.61 Å². The molecule has 1 heterocycles. The number of aromatic amines is 1. The normalized spacial score (nSPS) is 10.9. The third-order valence-electron chi connectivity index (χ3n) is 3.25. The van der Waals surface area contributed by atoms with Crippen LogP contribution in [0.3, 0.4) is 0 Å². The molecule has 2 N–H and O–H groups in total. The van der Waals surface area contributed by atoms with Crippen molar-refractivity contribution >= 4 is 0 Å². The lowest BCUT2D eigenvalue weighted by atomic mass is 9.99. The minimum absolute atomic E-state index is 0.136. The molecule has 0 unspecified atom stereocenters. The Hall–Kier alpha value is -1.61. The van der Waals surface area contributed by atoms with E-state index in [0.29, 0.717) is 6.42 Å². The lowest BCUT2D eigenvalue weighted by molar-refractivity contribution is 0.298. The van der Waals surface area contributed by atoms with Crippen molar-refractivity contribution in [2.24, 2.45) is 0 Å². The molecule has 2 aromatic rings. The van der Waals surface area contributed by atoms with Crippen molar-refractivity contribution < 1.29 is 5.11 Å². The van der Waals surface area contributed by atoms with Crippen molar-refractivity contribution in [1.29, 1.82) is 0 Å². The van der Waals surface area contributed by atoms with Crippen molar-refractivity contribution in [1.82, 2.24) is 9.97 Å². The predicted octanol–water partition coefficient (Wildman–Crippen LogP) is 2.85. The van der Waals surface area contributed by atoms with Gasteiger partial charge in [-0.05, 0) is 38.8 Å². The fourth-order valence-corrected chi connectivity index (χ4v) is 2.52. The van der Waals surface area contributed by atoms with E-state index in [0.717, 1.165) is 17.2 Å². The first-order valence-electron chi connectivity index (χ1n) is 6.27. The molecule has 0 aliphatic carbocycles. The number of H-pyrrole nitrogens is 1. The van der Waals surface area contributed by atoms with E-state index in [1.54, 1.807) is 0 Å². The zero-order valence-electron chi connectivity index (χ0n) is 11.5. The molecule has 0 spiro atoms. The maximum Gasteiger partial charge on any atom is 0.138 e.